The van der Waals surface area contributed by atoms with E-state index in [2.05, 4.69) is 29.9 Å². The molecule has 0 aliphatic carbocycles. The van der Waals surface area contributed by atoms with E-state index < -0.39 is 5.91 Å². The molecule has 0 spiro atoms. The fourth-order valence-electron chi connectivity index (χ4n) is 3.88. The minimum Gasteiger partial charge on any atom is -0.422 e. The topological polar surface area (TPSA) is 129 Å². The van der Waals surface area contributed by atoms with Gasteiger partial charge in [-0.2, -0.15) is 9.67 Å². The van der Waals surface area contributed by atoms with E-state index in [-0.39, 0.29) is 12.3 Å². The zero-order valence-electron chi connectivity index (χ0n) is 17.1. The summed E-state index contributed by atoms with van der Waals surface area (Å²) in [5, 5.41) is 4.50. The van der Waals surface area contributed by atoms with Crippen molar-refractivity contribution in [1.82, 2.24) is 29.7 Å². The van der Waals surface area contributed by atoms with E-state index in [1.54, 1.807) is 10.9 Å². The number of aryl methyl sites for hydroxylation is 1. The molecule has 2 N–H and O–H groups in total. The van der Waals surface area contributed by atoms with Gasteiger partial charge in [-0.1, -0.05) is 6.07 Å². The summed E-state index contributed by atoms with van der Waals surface area (Å²) >= 11 is 0. The zero-order valence-corrected chi connectivity index (χ0v) is 17.1. The van der Waals surface area contributed by atoms with Crippen LogP contribution in [0.2, 0.25) is 0 Å². The van der Waals surface area contributed by atoms with E-state index in [1.165, 1.54) is 0 Å². The summed E-state index contributed by atoms with van der Waals surface area (Å²) in [5.41, 5.74) is 7.58. The molecule has 1 aliphatic rings. The smallest absolute Gasteiger partial charge is 0.299 e. The summed E-state index contributed by atoms with van der Waals surface area (Å²) in [4.78, 5) is 31.5. The molecule has 0 bridgehead atoms. The number of amides is 1. The third-order valence-corrected chi connectivity index (χ3v) is 5.39. The summed E-state index contributed by atoms with van der Waals surface area (Å²) in [6.07, 6.45) is 3.39. The lowest BCUT2D eigenvalue weighted by Crippen LogP contribution is -2.34. The van der Waals surface area contributed by atoms with Crippen molar-refractivity contribution in [3.05, 3.63) is 53.9 Å². The van der Waals surface area contributed by atoms with Crippen LogP contribution in [0.1, 0.15) is 36.1 Å². The number of carbonyl (C=O) groups excluding carboxylic acids is 1. The zero-order chi connectivity index (χ0) is 21.4. The molecule has 1 fully saturated rings. The van der Waals surface area contributed by atoms with Crippen molar-refractivity contribution in [3.63, 3.8) is 0 Å². The molecule has 0 atom stereocenters. The van der Waals surface area contributed by atoms with Crippen LogP contribution in [-0.2, 0) is 11.2 Å². The summed E-state index contributed by atoms with van der Waals surface area (Å²) in [6.45, 7) is 3.46. The first-order valence-electron chi connectivity index (χ1n) is 10.2. The highest BCUT2D eigenvalue weighted by molar-refractivity contribution is 5.75. The summed E-state index contributed by atoms with van der Waals surface area (Å²) in [6, 6.07) is 10.0. The van der Waals surface area contributed by atoms with Crippen LogP contribution in [0, 0.1) is 6.92 Å². The molecular weight excluding hydrogens is 396 g/mol. The summed E-state index contributed by atoms with van der Waals surface area (Å²) in [5.74, 6) is 1.58. The fourth-order valence-corrected chi connectivity index (χ4v) is 3.88. The van der Waals surface area contributed by atoms with Gasteiger partial charge in [0.2, 0.25) is 11.6 Å². The molecule has 158 valence electrons. The van der Waals surface area contributed by atoms with Crippen LogP contribution in [0.25, 0.3) is 17.0 Å². The largest absolute Gasteiger partial charge is 0.422 e. The van der Waals surface area contributed by atoms with Gasteiger partial charge >= 0.3 is 0 Å². The van der Waals surface area contributed by atoms with Crippen LogP contribution < -0.4 is 10.6 Å². The number of piperidine rings is 1. The molecule has 4 aromatic rings. The summed E-state index contributed by atoms with van der Waals surface area (Å²) < 4.78 is 7.63. The van der Waals surface area contributed by atoms with Gasteiger partial charge in [0.15, 0.2) is 17.2 Å². The average Bonchev–Trinajstić information content (AvgIpc) is 3.38. The van der Waals surface area contributed by atoms with Crippen LogP contribution in [-0.4, -0.2) is 48.7 Å². The van der Waals surface area contributed by atoms with Crippen LogP contribution >= 0.6 is 0 Å². The lowest BCUT2D eigenvalue weighted by molar-refractivity contribution is -0.117. The molecule has 0 aromatic carbocycles. The quantitative estimate of drug-likeness (QED) is 0.520. The molecule has 5 heterocycles. The Morgan fingerprint density at radius 3 is 2.74 bits per heavy atom. The number of nitrogens with zero attached hydrogens (tertiary/aromatic N) is 7. The van der Waals surface area contributed by atoms with Gasteiger partial charge in [0.25, 0.3) is 6.01 Å². The van der Waals surface area contributed by atoms with Crippen LogP contribution in [0.3, 0.4) is 0 Å². The van der Waals surface area contributed by atoms with Gasteiger partial charge in [-0.15, -0.1) is 5.10 Å². The second-order valence-corrected chi connectivity index (χ2v) is 7.66. The number of aromatic nitrogens is 6. The molecular formula is C21H22N8O2. The van der Waals surface area contributed by atoms with Gasteiger partial charge in [0, 0.05) is 30.9 Å². The molecule has 1 aliphatic heterocycles. The minimum atomic E-state index is -0.459. The lowest BCUT2D eigenvalue weighted by atomic mass is 9.96. The highest BCUT2D eigenvalue weighted by Gasteiger charge is 2.28. The van der Waals surface area contributed by atoms with E-state index in [0.717, 1.165) is 37.4 Å². The molecule has 5 rings (SSSR count). The van der Waals surface area contributed by atoms with Crippen molar-refractivity contribution in [2.24, 2.45) is 5.73 Å². The Morgan fingerprint density at radius 2 is 2.00 bits per heavy atom. The van der Waals surface area contributed by atoms with Gasteiger partial charge in [0.05, 0.1) is 6.42 Å². The number of hydrogen-bond donors (Lipinski definition) is 1. The molecule has 1 saturated heterocycles. The first kappa shape index (κ1) is 19.2. The molecule has 0 unspecified atom stereocenters. The number of primary amides is 1. The SMILES string of the molecule is Cc1ccc2oc(N3CCC(c4nc(CC(N)=O)nn4-c4ccccn4)CC3)nc2n1. The van der Waals surface area contributed by atoms with Gasteiger partial charge in [-0.3, -0.25) is 4.79 Å². The fraction of sp³-hybridized carbons (Fsp3) is 0.333. The van der Waals surface area contributed by atoms with Crippen molar-refractivity contribution in [2.75, 3.05) is 18.0 Å². The molecule has 10 heteroatoms. The normalized spacial score (nSPS) is 14.9. The van der Waals surface area contributed by atoms with E-state index in [1.807, 2.05) is 37.3 Å². The van der Waals surface area contributed by atoms with Crippen LogP contribution in [0.15, 0.2) is 40.9 Å². The molecule has 0 saturated carbocycles. The summed E-state index contributed by atoms with van der Waals surface area (Å²) in [7, 11) is 0. The molecule has 4 aromatic heterocycles. The van der Waals surface area contributed by atoms with Gasteiger partial charge in [-0.05, 0) is 44.0 Å². The van der Waals surface area contributed by atoms with Gasteiger partial charge in [0.1, 0.15) is 5.82 Å². The number of carbonyl (C=O) groups is 1. The van der Waals surface area contributed by atoms with E-state index >= 15 is 0 Å². The number of pyridine rings is 2. The Morgan fingerprint density at radius 1 is 1.16 bits per heavy atom. The maximum absolute atomic E-state index is 11.4. The maximum atomic E-state index is 11.4. The van der Waals surface area contributed by atoms with Crippen LogP contribution in [0.5, 0.6) is 0 Å². The highest BCUT2D eigenvalue weighted by Crippen LogP contribution is 2.31. The molecule has 10 nitrogen and oxygen atoms in total. The Bertz CT molecular complexity index is 1220. The monoisotopic (exact) mass is 418 g/mol. The standard InChI is InChI=1S/C21H22N8O2/c1-13-5-6-15-19(24-13)26-21(31-15)28-10-7-14(8-11-28)20-25-17(12-16(22)30)27-29(20)18-4-2-3-9-23-18/h2-6,9,14H,7-8,10-12H2,1H3,(H2,22,30). The van der Waals surface area contributed by atoms with Crippen molar-refractivity contribution >= 4 is 23.2 Å². The van der Waals surface area contributed by atoms with Gasteiger partial charge in [-0.25, -0.2) is 15.0 Å². The maximum Gasteiger partial charge on any atom is 0.299 e. The minimum absolute atomic E-state index is 0.000992. The van der Waals surface area contributed by atoms with E-state index in [9.17, 15) is 4.79 Å². The number of oxazole rings is 1. The number of rotatable bonds is 5. The molecule has 1 amide bonds. The average molecular weight is 418 g/mol. The van der Waals surface area contributed by atoms with Crippen molar-refractivity contribution < 1.29 is 9.21 Å². The first-order valence-corrected chi connectivity index (χ1v) is 10.2. The Kier molecular flexibility index (Phi) is 4.81. The second kappa shape index (κ2) is 7.78. The number of anilines is 1. The van der Waals surface area contributed by atoms with Crippen molar-refractivity contribution in [3.8, 4) is 5.82 Å². The Labute approximate surface area is 178 Å². The lowest BCUT2D eigenvalue weighted by Gasteiger charge is -2.30. The number of hydrogen-bond acceptors (Lipinski definition) is 8. The van der Waals surface area contributed by atoms with Crippen molar-refractivity contribution in [2.45, 2.75) is 32.1 Å². The van der Waals surface area contributed by atoms with E-state index in [0.29, 0.717) is 28.9 Å². The predicted octanol–water partition coefficient (Wildman–Crippen LogP) is 1.92. The molecule has 31 heavy (non-hydrogen) atoms. The number of fused-ring (bicyclic) bond motifs is 1. The second-order valence-electron chi connectivity index (χ2n) is 7.66. The van der Waals surface area contributed by atoms with E-state index in [4.69, 9.17) is 10.2 Å². The van der Waals surface area contributed by atoms with Crippen molar-refractivity contribution in [1.29, 1.82) is 0 Å². The number of nitrogens with two attached hydrogens (primary N) is 1. The third-order valence-electron chi connectivity index (χ3n) is 5.39. The van der Waals surface area contributed by atoms with Crippen LogP contribution in [0.4, 0.5) is 6.01 Å². The third kappa shape index (κ3) is 3.83. The Hall–Kier alpha value is -3.82. The van der Waals surface area contributed by atoms with Gasteiger partial charge < -0.3 is 15.1 Å². The first-order chi connectivity index (χ1) is 15.1. The Balaban J connectivity index is 1.38. The highest BCUT2D eigenvalue weighted by atomic mass is 16.4. The molecule has 0 radical (unpaired) electrons. The predicted molar refractivity (Wildman–Crippen MR) is 113 cm³/mol.